The number of hydrogen-bond acceptors (Lipinski definition) is 7. The lowest BCUT2D eigenvalue weighted by molar-refractivity contribution is -0.132. The van der Waals surface area contributed by atoms with E-state index < -0.39 is 0 Å². The fourth-order valence-corrected chi connectivity index (χ4v) is 5.00. The van der Waals surface area contributed by atoms with E-state index in [1.807, 2.05) is 30.3 Å². The Hall–Kier alpha value is -4.70. The fraction of sp³-hybridized carbons (Fsp3) is 0.250. The van der Waals surface area contributed by atoms with Gasteiger partial charge in [-0.2, -0.15) is 0 Å². The normalized spacial score (nSPS) is 13.0. The van der Waals surface area contributed by atoms with E-state index in [-0.39, 0.29) is 30.7 Å². The molecule has 2 amide bonds. The number of hydrogen-bond donors (Lipinski definition) is 0. The van der Waals surface area contributed by atoms with Crippen LogP contribution in [0, 0.1) is 5.82 Å². The van der Waals surface area contributed by atoms with Gasteiger partial charge in [-0.25, -0.2) is 4.39 Å². The van der Waals surface area contributed by atoms with Crippen LogP contribution in [-0.4, -0.2) is 78.8 Å². The minimum atomic E-state index is -0.367. The Balaban J connectivity index is 1.22. The second-order valence-electron chi connectivity index (χ2n) is 10.0. The Morgan fingerprint density at radius 1 is 0.860 bits per heavy atom. The van der Waals surface area contributed by atoms with E-state index in [0.717, 1.165) is 11.1 Å². The van der Waals surface area contributed by atoms with Crippen molar-refractivity contribution in [3.63, 3.8) is 0 Å². The van der Waals surface area contributed by atoms with Gasteiger partial charge >= 0.3 is 0 Å². The summed E-state index contributed by atoms with van der Waals surface area (Å²) >= 11 is 6.00. The molecular weight excluding hydrogens is 573 g/mol. The number of amides is 2. The predicted octanol–water partition coefficient (Wildman–Crippen LogP) is 4.94. The maximum atomic E-state index is 13.5. The standard InChI is InChI=1S/C32H31ClFN5O4/c1-42-28-13-7-24(19-29(28)43-2)27-12-14-30(36-35-27)37-15-17-38(18-16-37)31(40)21-39(20-22-3-10-26(34)11-4-22)32(41)23-5-8-25(33)9-6-23/h3-14,19H,15-18,20-21H2,1-2H3. The Morgan fingerprint density at radius 2 is 1.56 bits per heavy atom. The van der Waals surface area contributed by atoms with Crippen LogP contribution in [0.25, 0.3) is 11.3 Å². The third-order valence-electron chi connectivity index (χ3n) is 7.28. The molecular formula is C32H31ClFN5O4. The summed E-state index contributed by atoms with van der Waals surface area (Å²) in [5, 5.41) is 9.34. The summed E-state index contributed by atoms with van der Waals surface area (Å²) in [5.41, 5.74) is 2.69. The highest BCUT2D eigenvalue weighted by molar-refractivity contribution is 6.30. The van der Waals surface area contributed by atoms with Crippen molar-refractivity contribution in [1.82, 2.24) is 20.0 Å². The average Bonchev–Trinajstić information content (AvgIpc) is 3.05. The summed E-state index contributed by atoms with van der Waals surface area (Å²) in [4.78, 5) is 32.0. The maximum Gasteiger partial charge on any atom is 0.254 e. The van der Waals surface area contributed by atoms with Crippen molar-refractivity contribution in [2.45, 2.75) is 6.54 Å². The molecule has 2 heterocycles. The van der Waals surface area contributed by atoms with Gasteiger partial charge in [-0.15, -0.1) is 10.2 Å². The number of halogens is 2. The van der Waals surface area contributed by atoms with Crippen molar-refractivity contribution in [1.29, 1.82) is 0 Å². The SMILES string of the molecule is COc1ccc(-c2ccc(N3CCN(C(=O)CN(Cc4ccc(F)cc4)C(=O)c4ccc(Cl)cc4)CC3)nn2)cc1OC. The van der Waals surface area contributed by atoms with E-state index in [2.05, 4.69) is 15.1 Å². The number of methoxy groups -OCH3 is 2. The Labute approximate surface area is 254 Å². The van der Waals surface area contributed by atoms with E-state index in [4.69, 9.17) is 21.1 Å². The summed E-state index contributed by atoms with van der Waals surface area (Å²) in [5.74, 6) is 1.12. The molecule has 0 atom stereocenters. The van der Waals surface area contributed by atoms with Gasteiger partial charge in [0.2, 0.25) is 5.91 Å². The van der Waals surface area contributed by atoms with Gasteiger partial charge in [0.05, 0.1) is 19.9 Å². The molecule has 9 nitrogen and oxygen atoms in total. The van der Waals surface area contributed by atoms with Gasteiger partial charge in [0.25, 0.3) is 5.91 Å². The third-order valence-corrected chi connectivity index (χ3v) is 7.53. The molecule has 11 heteroatoms. The van der Waals surface area contributed by atoms with Gasteiger partial charge in [0.15, 0.2) is 17.3 Å². The van der Waals surface area contributed by atoms with Crippen LogP contribution in [0.3, 0.4) is 0 Å². The summed E-state index contributed by atoms with van der Waals surface area (Å²) in [6.45, 7) is 2.13. The summed E-state index contributed by atoms with van der Waals surface area (Å²) in [7, 11) is 3.17. The predicted molar refractivity (Wildman–Crippen MR) is 162 cm³/mol. The number of carbonyl (C=O) groups excluding carboxylic acids is 2. The lowest BCUT2D eigenvalue weighted by Gasteiger charge is -2.36. The van der Waals surface area contributed by atoms with Crippen LogP contribution in [0.4, 0.5) is 10.2 Å². The Morgan fingerprint density at radius 3 is 2.19 bits per heavy atom. The molecule has 0 saturated carbocycles. The number of ether oxygens (including phenoxy) is 2. The molecule has 0 radical (unpaired) electrons. The zero-order valence-electron chi connectivity index (χ0n) is 23.9. The molecule has 0 unspecified atom stereocenters. The lowest BCUT2D eigenvalue weighted by atomic mass is 10.1. The van der Waals surface area contributed by atoms with E-state index in [1.54, 1.807) is 55.5 Å². The van der Waals surface area contributed by atoms with Gasteiger partial charge < -0.3 is 24.2 Å². The molecule has 5 rings (SSSR count). The van der Waals surface area contributed by atoms with Gasteiger partial charge in [-0.3, -0.25) is 9.59 Å². The molecule has 1 aromatic heterocycles. The van der Waals surface area contributed by atoms with E-state index >= 15 is 0 Å². The van der Waals surface area contributed by atoms with Gasteiger partial charge in [0.1, 0.15) is 12.4 Å². The first-order valence-electron chi connectivity index (χ1n) is 13.7. The number of carbonyl (C=O) groups is 2. The van der Waals surface area contributed by atoms with Crippen molar-refractivity contribution in [3.8, 4) is 22.8 Å². The van der Waals surface area contributed by atoms with Crippen LogP contribution in [0.1, 0.15) is 15.9 Å². The smallest absolute Gasteiger partial charge is 0.254 e. The first-order chi connectivity index (χ1) is 20.8. The molecule has 222 valence electrons. The molecule has 0 spiro atoms. The summed E-state index contributed by atoms with van der Waals surface area (Å²) < 4.78 is 24.2. The van der Waals surface area contributed by atoms with Crippen LogP contribution < -0.4 is 14.4 Å². The number of aromatic nitrogens is 2. The number of anilines is 1. The minimum absolute atomic E-state index is 0.112. The summed E-state index contributed by atoms with van der Waals surface area (Å²) in [6, 6.07) is 21.8. The summed E-state index contributed by atoms with van der Waals surface area (Å²) in [6.07, 6.45) is 0. The van der Waals surface area contributed by atoms with Crippen molar-refractivity contribution in [2.24, 2.45) is 0 Å². The Bertz CT molecular complexity index is 1560. The first kappa shape index (κ1) is 29.8. The van der Waals surface area contributed by atoms with Crippen molar-refractivity contribution >= 4 is 29.2 Å². The topological polar surface area (TPSA) is 88.1 Å². The molecule has 0 bridgehead atoms. The van der Waals surface area contributed by atoms with Crippen LogP contribution >= 0.6 is 11.6 Å². The number of rotatable bonds is 9. The van der Waals surface area contributed by atoms with Crippen LogP contribution in [0.5, 0.6) is 11.5 Å². The lowest BCUT2D eigenvalue weighted by Crippen LogP contribution is -2.52. The highest BCUT2D eigenvalue weighted by Gasteiger charge is 2.26. The molecule has 43 heavy (non-hydrogen) atoms. The second-order valence-corrected chi connectivity index (χ2v) is 10.4. The van der Waals surface area contributed by atoms with E-state index in [0.29, 0.717) is 59.8 Å². The highest BCUT2D eigenvalue weighted by Crippen LogP contribution is 2.31. The van der Waals surface area contributed by atoms with Gasteiger partial charge in [-0.1, -0.05) is 23.7 Å². The van der Waals surface area contributed by atoms with E-state index in [1.165, 1.54) is 17.0 Å². The maximum absolute atomic E-state index is 13.5. The van der Waals surface area contributed by atoms with E-state index in [9.17, 15) is 14.0 Å². The Kier molecular flexibility index (Phi) is 9.36. The van der Waals surface area contributed by atoms with Crippen LogP contribution in [0.2, 0.25) is 5.02 Å². The zero-order valence-corrected chi connectivity index (χ0v) is 24.6. The molecule has 0 aliphatic carbocycles. The van der Waals surface area contributed by atoms with Crippen molar-refractivity contribution in [3.05, 3.63) is 101 Å². The second kappa shape index (κ2) is 13.5. The number of piperazine rings is 1. The fourth-order valence-electron chi connectivity index (χ4n) is 4.88. The minimum Gasteiger partial charge on any atom is -0.493 e. The molecule has 0 N–H and O–H groups in total. The number of benzene rings is 3. The monoisotopic (exact) mass is 603 g/mol. The van der Waals surface area contributed by atoms with Gasteiger partial charge in [-0.05, 0) is 72.3 Å². The van der Waals surface area contributed by atoms with Gasteiger partial charge in [0, 0.05) is 48.9 Å². The highest BCUT2D eigenvalue weighted by atomic mass is 35.5. The molecule has 1 saturated heterocycles. The van der Waals surface area contributed by atoms with Crippen molar-refractivity contribution in [2.75, 3.05) is 51.8 Å². The average molecular weight is 604 g/mol. The third kappa shape index (κ3) is 7.21. The van der Waals surface area contributed by atoms with Crippen LogP contribution in [-0.2, 0) is 11.3 Å². The quantitative estimate of drug-likeness (QED) is 0.268. The van der Waals surface area contributed by atoms with Crippen molar-refractivity contribution < 1.29 is 23.5 Å². The van der Waals surface area contributed by atoms with Crippen LogP contribution in [0.15, 0.2) is 78.9 Å². The first-order valence-corrected chi connectivity index (χ1v) is 14.1. The molecule has 1 fully saturated rings. The zero-order chi connectivity index (χ0) is 30.3. The molecule has 3 aromatic carbocycles. The molecule has 1 aliphatic heterocycles. The largest absolute Gasteiger partial charge is 0.493 e. The number of nitrogens with zero attached hydrogens (tertiary/aromatic N) is 5. The molecule has 4 aromatic rings. The molecule has 1 aliphatic rings.